The molecule has 2 aromatic heterocycles. The lowest BCUT2D eigenvalue weighted by Gasteiger charge is -2.31. The van der Waals surface area contributed by atoms with Gasteiger partial charge in [-0.2, -0.15) is 0 Å². The van der Waals surface area contributed by atoms with Crippen molar-refractivity contribution in [2.75, 3.05) is 0 Å². The Morgan fingerprint density at radius 1 is 1.31 bits per heavy atom. The fourth-order valence-electron chi connectivity index (χ4n) is 4.50. The van der Waals surface area contributed by atoms with Crippen LogP contribution in [0.4, 0.5) is 0 Å². The number of nitrogens with zero attached hydrogens (tertiary/aromatic N) is 2. The van der Waals surface area contributed by atoms with Crippen molar-refractivity contribution in [1.82, 2.24) is 14.9 Å². The fraction of sp³-hybridized carbons (Fsp3) is 0.304. The van der Waals surface area contributed by atoms with Gasteiger partial charge in [0.25, 0.3) is 5.56 Å². The molecule has 0 fully saturated rings. The summed E-state index contributed by atoms with van der Waals surface area (Å²) in [6, 6.07) is 6.69. The van der Waals surface area contributed by atoms with Crippen molar-refractivity contribution in [3.8, 4) is 17.1 Å². The van der Waals surface area contributed by atoms with Gasteiger partial charge in [0.05, 0.1) is 29.0 Å². The fourth-order valence-corrected chi connectivity index (χ4v) is 4.50. The van der Waals surface area contributed by atoms with Gasteiger partial charge < -0.3 is 24.8 Å². The third kappa shape index (κ3) is 2.74. The Labute approximate surface area is 182 Å². The van der Waals surface area contributed by atoms with Crippen LogP contribution in [0.3, 0.4) is 0 Å². The number of aromatic hydroxyl groups is 1. The largest absolute Gasteiger partial charge is 0.508 e. The van der Waals surface area contributed by atoms with Crippen molar-refractivity contribution in [3.63, 3.8) is 0 Å². The molecule has 164 valence electrons. The van der Waals surface area contributed by atoms with Crippen molar-refractivity contribution in [1.29, 1.82) is 0 Å². The average molecular weight is 435 g/mol. The van der Waals surface area contributed by atoms with Crippen LogP contribution in [-0.2, 0) is 39.6 Å². The number of cyclic esters (lactones) is 1. The summed E-state index contributed by atoms with van der Waals surface area (Å²) >= 11 is 0. The molecular weight excluding hydrogens is 414 g/mol. The van der Waals surface area contributed by atoms with Crippen molar-refractivity contribution >= 4 is 22.8 Å². The third-order valence-corrected chi connectivity index (χ3v) is 6.29. The molecule has 5 rings (SSSR count). The lowest BCUT2D eigenvalue weighted by Crippen LogP contribution is -2.44. The molecule has 0 spiro atoms. The van der Waals surface area contributed by atoms with Crippen molar-refractivity contribution in [3.05, 3.63) is 56.9 Å². The maximum atomic E-state index is 13.2. The van der Waals surface area contributed by atoms with Gasteiger partial charge in [0.1, 0.15) is 12.4 Å². The summed E-state index contributed by atoms with van der Waals surface area (Å²) in [7, 11) is 0. The van der Waals surface area contributed by atoms with Crippen LogP contribution in [-0.4, -0.2) is 31.6 Å². The number of hydrogen-bond donors (Lipinski definition) is 3. The molecule has 0 saturated heterocycles. The van der Waals surface area contributed by atoms with Crippen LogP contribution in [0.25, 0.3) is 22.3 Å². The lowest BCUT2D eigenvalue weighted by atomic mass is 9.86. The number of nitrogens with one attached hydrogen (secondary N) is 1. The highest BCUT2D eigenvalue weighted by Crippen LogP contribution is 2.39. The van der Waals surface area contributed by atoms with Gasteiger partial charge in [-0.15, -0.1) is 0 Å². The summed E-state index contributed by atoms with van der Waals surface area (Å²) in [6.07, 6.45) is 0.0749. The topological polar surface area (TPSA) is 131 Å². The van der Waals surface area contributed by atoms with E-state index in [0.717, 1.165) is 5.56 Å². The quantitative estimate of drug-likeness (QED) is 0.415. The third-order valence-electron chi connectivity index (χ3n) is 6.29. The summed E-state index contributed by atoms with van der Waals surface area (Å²) in [5.74, 6) is -0.945. The number of phenols is 1. The second kappa shape index (κ2) is 6.89. The van der Waals surface area contributed by atoms with E-state index in [1.165, 1.54) is 13.0 Å². The Balaban J connectivity index is 1.71. The van der Waals surface area contributed by atoms with Crippen LogP contribution in [0.1, 0.15) is 42.5 Å². The number of aromatic nitrogens is 2. The maximum absolute atomic E-state index is 13.2. The number of carbonyl (C=O) groups excluding carboxylic acids is 2. The zero-order chi connectivity index (χ0) is 22.8. The molecule has 1 atom stereocenters. The van der Waals surface area contributed by atoms with Gasteiger partial charge in [-0.1, -0.05) is 6.92 Å². The summed E-state index contributed by atoms with van der Waals surface area (Å²) < 4.78 is 6.64. The minimum Gasteiger partial charge on any atom is -0.508 e. The average Bonchev–Trinajstić information content (AvgIpc) is 3.12. The van der Waals surface area contributed by atoms with Crippen LogP contribution >= 0.6 is 0 Å². The van der Waals surface area contributed by atoms with E-state index in [9.17, 15) is 24.6 Å². The zero-order valence-corrected chi connectivity index (χ0v) is 17.6. The van der Waals surface area contributed by atoms with E-state index in [2.05, 4.69) is 5.32 Å². The molecule has 0 aliphatic carbocycles. The highest BCUT2D eigenvalue weighted by atomic mass is 16.6. The Morgan fingerprint density at radius 3 is 2.81 bits per heavy atom. The number of esters is 1. The predicted molar refractivity (Wildman–Crippen MR) is 114 cm³/mol. The standard InChI is InChI=1S/C23H21N3O6/c1-3-23(31)16-7-18-20-12(9-26(18)21(29)15(16)10-32-22(23)30)6-13-14(8-24-11(2)27)19(28)5-4-17(13)25-20/h4-7,28,31H,3,8-10H2,1-2H3,(H,24,27)/t23-/m0/s1. The molecule has 0 saturated carbocycles. The van der Waals surface area contributed by atoms with Crippen molar-refractivity contribution in [2.24, 2.45) is 0 Å². The number of ether oxygens (including phenoxy) is 1. The number of phenolic OH excluding ortho intramolecular Hbond substituents is 1. The van der Waals surface area contributed by atoms with Crippen LogP contribution in [0.5, 0.6) is 5.75 Å². The summed E-state index contributed by atoms with van der Waals surface area (Å²) in [4.78, 5) is 41.6. The van der Waals surface area contributed by atoms with Gasteiger partial charge in [0.15, 0.2) is 5.60 Å². The van der Waals surface area contributed by atoms with E-state index in [1.807, 2.05) is 6.07 Å². The van der Waals surface area contributed by atoms with E-state index < -0.39 is 11.6 Å². The molecule has 1 amide bonds. The van der Waals surface area contributed by atoms with Gasteiger partial charge >= 0.3 is 5.97 Å². The molecule has 0 bridgehead atoms. The van der Waals surface area contributed by atoms with Gasteiger partial charge in [-0.05, 0) is 30.7 Å². The maximum Gasteiger partial charge on any atom is 0.343 e. The number of rotatable bonds is 3. The predicted octanol–water partition coefficient (Wildman–Crippen LogP) is 1.42. The highest BCUT2D eigenvalue weighted by Gasteiger charge is 2.45. The Morgan fingerprint density at radius 2 is 2.09 bits per heavy atom. The van der Waals surface area contributed by atoms with Gasteiger partial charge in [0.2, 0.25) is 5.91 Å². The van der Waals surface area contributed by atoms with Crippen molar-refractivity contribution < 1.29 is 24.5 Å². The van der Waals surface area contributed by atoms with Crippen LogP contribution in [0, 0.1) is 0 Å². The smallest absolute Gasteiger partial charge is 0.343 e. The summed E-state index contributed by atoms with van der Waals surface area (Å²) in [5, 5.41) is 24.6. The highest BCUT2D eigenvalue weighted by molar-refractivity contribution is 5.89. The van der Waals surface area contributed by atoms with Crippen LogP contribution in [0.15, 0.2) is 29.1 Å². The Kier molecular flexibility index (Phi) is 4.35. The number of fused-ring (bicyclic) bond motifs is 5. The second-order valence-corrected chi connectivity index (χ2v) is 8.14. The number of carbonyl (C=O) groups is 2. The minimum atomic E-state index is -1.88. The molecule has 4 heterocycles. The molecule has 2 aliphatic rings. The molecule has 2 aliphatic heterocycles. The van der Waals surface area contributed by atoms with E-state index >= 15 is 0 Å². The van der Waals surface area contributed by atoms with Crippen molar-refractivity contribution in [2.45, 2.75) is 45.6 Å². The second-order valence-electron chi connectivity index (χ2n) is 8.14. The monoisotopic (exact) mass is 435 g/mol. The van der Waals surface area contributed by atoms with Gasteiger partial charge in [-0.25, -0.2) is 9.78 Å². The Hall–Kier alpha value is -3.72. The SMILES string of the molecule is CC[C@@]1(O)C(=O)OCc2c1cc1n(c2=O)Cc2cc3c(CNC(C)=O)c(O)ccc3nc2-1. The summed E-state index contributed by atoms with van der Waals surface area (Å²) in [5.41, 5.74) is 1.30. The first-order valence-electron chi connectivity index (χ1n) is 10.3. The number of benzene rings is 1. The molecule has 3 N–H and O–H groups in total. The number of amides is 1. The van der Waals surface area contributed by atoms with Crippen LogP contribution in [0.2, 0.25) is 0 Å². The molecule has 32 heavy (non-hydrogen) atoms. The molecule has 9 nitrogen and oxygen atoms in total. The van der Waals surface area contributed by atoms with Crippen LogP contribution < -0.4 is 10.9 Å². The minimum absolute atomic E-state index is 0.0415. The van der Waals surface area contributed by atoms with E-state index in [1.54, 1.807) is 23.6 Å². The number of hydrogen-bond acceptors (Lipinski definition) is 7. The molecule has 9 heteroatoms. The molecular formula is C23H21N3O6. The summed E-state index contributed by atoms with van der Waals surface area (Å²) in [6.45, 7) is 3.27. The first kappa shape index (κ1) is 20.2. The molecule has 3 aromatic rings. The van der Waals surface area contributed by atoms with E-state index in [0.29, 0.717) is 27.9 Å². The van der Waals surface area contributed by atoms with Gasteiger partial charge in [-0.3, -0.25) is 9.59 Å². The Bertz CT molecular complexity index is 1390. The zero-order valence-electron chi connectivity index (χ0n) is 17.6. The first-order chi connectivity index (χ1) is 15.2. The molecule has 0 unspecified atom stereocenters. The first-order valence-corrected chi connectivity index (χ1v) is 10.3. The molecule has 0 radical (unpaired) electrons. The van der Waals surface area contributed by atoms with Gasteiger partial charge in [0, 0.05) is 35.5 Å². The lowest BCUT2D eigenvalue weighted by molar-refractivity contribution is -0.172. The number of aliphatic hydroxyl groups is 1. The van der Waals surface area contributed by atoms with E-state index in [-0.39, 0.29) is 54.5 Å². The van der Waals surface area contributed by atoms with E-state index in [4.69, 9.17) is 9.72 Å². The number of pyridine rings is 2. The molecule has 1 aromatic carbocycles. The normalized spacial score (nSPS) is 18.7.